The fourth-order valence-electron chi connectivity index (χ4n) is 2.07. The van der Waals surface area contributed by atoms with Crippen LogP contribution in [0.1, 0.15) is 34.5 Å². The molecule has 1 atom stereocenters. The van der Waals surface area contributed by atoms with Crippen molar-refractivity contribution in [3.05, 3.63) is 68.7 Å². The number of halogens is 2. The van der Waals surface area contributed by atoms with E-state index in [0.717, 1.165) is 20.6 Å². The Morgan fingerprint density at radius 2 is 2.10 bits per heavy atom. The van der Waals surface area contributed by atoms with Gasteiger partial charge in [0.15, 0.2) is 0 Å². The zero-order valence-electron chi connectivity index (χ0n) is 11.6. The van der Waals surface area contributed by atoms with Crippen LogP contribution < -0.4 is 11.1 Å². The first kappa shape index (κ1) is 16.0. The van der Waals surface area contributed by atoms with E-state index < -0.39 is 5.91 Å². The highest BCUT2D eigenvalue weighted by Gasteiger charge is 2.10. The molecule has 0 radical (unpaired) electrons. The van der Waals surface area contributed by atoms with Crippen molar-refractivity contribution in [3.8, 4) is 0 Å². The van der Waals surface area contributed by atoms with Crippen molar-refractivity contribution in [2.24, 2.45) is 5.73 Å². The molecule has 0 fully saturated rings. The molecule has 3 N–H and O–H groups in total. The normalized spacial score (nSPS) is 12.1. The van der Waals surface area contributed by atoms with Crippen LogP contribution in [0.5, 0.6) is 0 Å². The topological polar surface area (TPSA) is 55.1 Å². The molecule has 21 heavy (non-hydrogen) atoms. The molecule has 5 heteroatoms. The predicted molar refractivity (Wildman–Crippen MR) is 89.4 cm³/mol. The predicted octanol–water partition coefficient (Wildman–Crippen LogP) is 4.05. The quantitative estimate of drug-likeness (QED) is 0.837. The summed E-state index contributed by atoms with van der Waals surface area (Å²) in [5, 5.41) is 4.11. The molecule has 1 amide bonds. The van der Waals surface area contributed by atoms with Gasteiger partial charge in [0.05, 0.1) is 0 Å². The summed E-state index contributed by atoms with van der Waals surface area (Å²) in [4.78, 5) is 11.2. The van der Waals surface area contributed by atoms with Gasteiger partial charge in [-0.05, 0) is 42.3 Å². The highest BCUT2D eigenvalue weighted by Crippen LogP contribution is 2.26. The van der Waals surface area contributed by atoms with Crippen LogP contribution in [0.15, 0.2) is 46.9 Å². The largest absolute Gasteiger partial charge is 0.366 e. The second-order valence-electron chi connectivity index (χ2n) is 4.83. The number of nitrogens with one attached hydrogen (secondary N) is 1. The number of amides is 1. The minimum Gasteiger partial charge on any atom is -0.366 e. The van der Waals surface area contributed by atoms with Gasteiger partial charge in [-0.15, -0.1) is 0 Å². The molecule has 0 spiro atoms. The maximum atomic E-state index is 11.2. The van der Waals surface area contributed by atoms with E-state index in [1.54, 1.807) is 12.1 Å². The maximum absolute atomic E-state index is 11.2. The van der Waals surface area contributed by atoms with Crippen LogP contribution in [-0.4, -0.2) is 5.91 Å². The number of carbonyl (C=O) groups excluding carboxylic acids is 1. The number of carbonyl (C=O) groups is 1. The van der Waals surface area contributed by atoms with Crippen molar-refractivity contribution in [2.45, 2.75) is 19.5 Å². The monoisotopic (exact) mass is 366 g/mol. The molecule has 1 unspecified atom stereocenters. The van der Waals surface area contributed by atoms with Crippen LogP contribution in [-0.2, 0) is 6.54 Å². The second-order valence-corrected chi connectivity index (χ2v) is 6.16. The highest BCUT2D eigenvalue weighted by molar-refractivity contribution is 9.10. The molecule has 0 saturated carbocycles. The van der Waals surface area contributed by atoms with E-state index >= 15 is 0 Å². The molecule has 0 heterocycles. The molecular formula is C16H16BrClN2O. The van der Waals surface area contributed by atoms with Gasteiger partial charge in [0.1, 0.15) is 0 Å². The van der Waals surface area contributed by atoms with Gasteiger partial charge in [0, 0.05) is 27.6 Å². The second kappa shape index (κ2) is 7.07. The molecule has 2 rings (SSSR count). The summed E-state index contributed by atoms with van der Waals surface area (Å²) in [6.45, 7) is 2.68. The number of hydrogen-bond acceptors (Lipinski definition) is 2. The van der Waals surface area contributed by atoms with E-state index in [4.69, 9.17) is 17.3 Å². The van der Waals surface area contributed by atoms with Crippen LogP contribution in [0.4, 0.5) is 0 Å². The molecule has 3 nitrogen and oxygen atoms in total. The van der Waals surface area contributed by atoms with E-state index in [9.17, 15) is 4.79 Å². The van der Waals surface area contributed by atoms with E-state index in [0.29, 0.717) is 12.1 Å². The summed E-state index contributed by atoms with van der Waals surface area (Å²) in [6.07, 6.45) is 0. The summed E-state index contributed by atoms with van der Waals surface area (Å²) >= 11 is 9.64. The van der Waals surface area contributed by atoms with Gasteiger partial charge in [-0.25, -0.2) is 0 Å². The highest BCUT2D eigenvalue weighted by atomic mass is 79.9. The van der Waals surface area contributed by atoms with E-state index in [1.165, 1.54) is 0 Å². The Bertz CT molecular complexity index is 660. The minimum absolute atomic E-state index is 0.0998. The molecule has 0 aliphatic heterocycles. The Labute approximate surface area is 137 Å². The fourth-order valence-corrected chi connectivity index (χ4v) is 2.91. The van der Waals surface area contributed by atoms with Crippen molar-refractivity contribution >= 4 is 33.4 Å². The van der Waals surface area contributed by atoms with Crippen LogP contribution >= 0.6 is 27.5 Å². The molecule has 0 bridgehead atoms. The molecular weight excluding hydrogens is 352 g/mol. The van der Waals surface area contributed by atoms with Gasteiger partial charge in [0.2, 0.25) is 5.91 Å². The molecule has 2 aromatic rings. The Morgan fingerprint density at radius 1 is 1.33 bits per heavy atom. The summed E-state index contributed by atoms with van der Waals surface area (Å²) < 4.78 is 0.956. The lowest BCUT2D eigenvalue weighted by atomic mass is 10.1. The van der Waals surface area contributed by atoms with Crippen molar-refractivity contribution in [2.75, 3.05) is 0 Å². The number of primary amides is 1. The number of nitrogens with two attached hydrogens (primary N) is 1. The average molecular weight is 368 g/mol. The SMILES string of the molecule is CC(NCc1cccc(C(N)=O)c1)c1ccc(Br)cc1Cl. The standard InChI is InChI=1S/C16H16BrClN2O/c1-10(14-6-5-13(17)8-15(14)18)20-9-11-3-2-4-12(7-11)16(19)21/h2-8,10,20H,9H2,1H3,(H2,19,21). The zero-order valence-corrected chi connectivity index (χ0v) is 13.9. The molecule has 2 aromatic carbocycles. The van der Waals surface area contributed by atoms with Gasteiger partial charge in [-0.1, -0.05) is 45.7 Å². The fraction of sp³-hybridized carbons (Fsp3) is 0.188. The van der Waals surface area contributed by atoms with Crippen LogP contribution in [0, 0.1) is 0 Å². The number of rotatable bonds is 5. The first-order valence-corrected chi connectivity index (χ1v) is 7.71. The number of benzene rings is 2. The Kier molecular flexibility index (Phi) is 5.39. The summed E-state index contributed by atoms with van der Waals surface area (Å²) in [5.41, 5.74) is 7.84. The third kappa shape index (κ3) is 4.30. The molecule has 0 aliphatic rings. The van der Waals surface area contributed by atoms with Crippen LogP contribution in [0.25, 0.3) is 0 Å². The van der Waals surface area contributed by atoms with Crippen molar-refractivity contribution in [1.29, 1.82) is 0 Å². The third-order valence-electron chi connectivity index (χ3n) is 3.25. The van der Waals surface area contributed by atoms with Crippen molar-refractivity contribution in [3.63, 3.8) is 0 Å². The van der Waals surface area contributed by atoms with E-state index in [2.05, 4.69) is 21.2 Å². The van der Waals surface area contributed by atoms with Gasteiger partial charge < -0.3 is 11.1 Å². The van der Waals surface area contributed by atoms with Gasteiger partial charge >= 0.3 is 0 Å². The Hall–Kier alpha value is -1.36. The summed E-state index contributed by atoms with van der Waals surface area (Å²) in [7, 11) is 0. The minimum atomic E-state index is -0.416. The zero-order chi connectivity index (χ0) is 15.4. The van der Waals surface area contributed by atoms with E-state index in [-0.39, 0.29) is 6.04 Å². The Balaban J connectivity index is 2.05. The number of hydrogen-bond donors (Lipinski definition) is 2. The Morgan fingerprint density at radius 3 is 2.76 bits per heavy atom. The van der Waals surface area contributed by atoms with Gasteiger partial charge in [-0.3, -0.25) is 4.79 Å². The molecule has 110 valence electrons. The van der Waals surface area contributed by atoms with Crippen LogP contribution in [0.2, 0.25) is 5.02 Å². The lowest BCUT2D eigenvalue weighted by molar-refractivity contribution is 0.1000. The summed E-state index contributed by atoms with van der Waals surface area (Å²) in [5.74, 6) is -0.416. The van der Waals surface area contributed by atoms with E-state index in [1.807, 2.05) is 37.3 Å². The summed E-state index contributed by atoms with van der Waals surface area (Å²) in [6, 6.07) is 13.2. The smallest absolute Gasteiger partial charge is 0.248 e. The first-order chi connectivity index (χ1) is 9.97. The maximum Gasteiger partial charge on any atom is 0.248 e. The first-order valence-electron chi connectivity index (χ1n) is 6.54. The van der Waals surface area contributed by atoms with Gasteiger partial charge in [-0.2, -0.15) is 0 Å². The molecule has 0 aliphatic carbocycles. The average Bonchev–Trinajstić information content (AvgIpc) is 2.45. The van der Waals surface area contributed by atoms with Crippen molar-refractivity contribution < 1.29 is 4.79 Å². The third-order valence-corrected chi connectivity index (χ3v) is 4.07. The lowest BCUT2D eigenvalue weighted by Gasteiger charge is -2.16. The van der Waals surface area contributed by atoms with Gasteiger partial charge in [0.25, 0.3) is 0 Å². The molecule has 0 aromatic heterocycles. The van der Waals surface area contributed by atoms with Crippen molar-refractivity contribution in [1.82, 2.24) is 5.32 Å². The molecule has 0 saturated heterocycles. The lowest BCUT2D eigenvalue weighted by Crippen LogP contribution is -2.19. The van der Waals surface area contributed by atoms with Crippen LogP contribution in [0.3, 0.4) is 0 Å².